The number of rotatable bonds is 3. The van der Waals surface area contributed by atoms with Gasteiger partial charge in [-0.05, 0) is 28.1 Å². The first-order valence-corrected chi connectivity index (χ1v) is 6.20. The second-order valence-corrected chi connectivity index (χ2v) is 4.99. The summed E-state index contributed by atoms with van der Waals surface area (Å²) in [5, 5.41) is 4.13. The first-order valence-electron chi connectivity index (χ1n) is 5.41. The van der Waals surface area contributed by atoms with E-state index < -0.39 is 0 Å². The minimum Gasteiger partial charge on any atom is -0.376 e. The van der Waals surface area contributed by atoms with Crippen LogP contribution in [0.3, 0.4) is 0 Å². The number of aromatic nitrogens is 3. The molecule has 0 N–H and O–H groups in total. The van der Waals surface area contributed by atoms with Crippen LogP contribution in [0.1, 0.15) is 5.69 Å². The summed E-state index contributed by atoms with van der Waals surface area (Å²) in [4.78, 5) is 17.9. The SMILES string of the molecule is CN(C)c1cnn(Cc2ccc(Br)cn2)c(=O)c1. The van der Waals surface area contributed by atoms with E-state index in [1.807, 2.05) is 31.1 Å². The number of halogens is 1. The molecule has 0 atom stereocenters. The average Bonchev–Trinajstić information content (AvgIpc) is 2.34. The molecule has 0 aliphatic heterocycles. The van der Waals surface area contributed by atoms with E-state index in [-0.39, 0.29) is 5.56 Å². The molecule has 0 saturated heterocycles. The monoisotopic (exact) mass is 308 g/mol. The topological polar surface area (TPSA) is 51.0 Å². The highest BCUT2D eigenvalue weighted by Gasteiger charge is 2.03. The second kappa shape index (κ2) is 5.30. The molecule has 0 amide bonds. The van der Waals surface area contributed by atoms with Crippen LogP contribution in [-0.4, -0.2) is 28.9 Å². The van der Waals surface area contributed by atoms with E-state index in [0.29, 0.717) is 6.54 Å². The summed E-state index contributed by atoms with van der Waals surface area (Å²) in [6.45, 7) is 0.375. The Hall–Kier alpha value is -1.69. The van der Waals surface area contributed by atoms with Gasteiger partial charge in [0.15, 0.2) is 0 Å². The van der Waals surface area contributed by atoms with Crippen LogP contribution in [0, 0.1) is 0 Å². The highest BCUT2D eigenvalue weighted by Crippen LogP contribution is 2.08. The van der Waals surface area contributed by atoms with Crippen LogP contribution in [-0.2, 0) is 6.54 Å². The Morgan fingerprint density at radius 2 is 2.11 bits per heavy atom. The van der Waals surface area contributed by atoms with E-state index in [4.69, 9.17) is 0 Å². The molecule has 0 aliphatic carbocycles. The lowest BCUT2D eigenvalue weighted by Crippen LogP contribution is -2.24. The minimum atomic E-state index is -0.133. The van der Waals surface area contributed by atoms with Gasteiger partial charge in [-0.3, -0.25) is 9.78 Å². The molecule has 0 aromatic carbocycles. The molecule has 5 nitrogen and oxygen atoms in total. The number of nitrogens with zero attached hydrogens (tertiary/aromatic N) is 4. The second-order valence-electron chi connectivity index (χ2n) is 4.07. The summed E-state index contributed by atoms with van der Waals surface area (Å²) in [6, 6.07) is 5.31. The molecule has 2 aromatic heterocycles. The molecule has 2 heterocycles. The average molecular weight is 309 g/mol. The zero-order chi connectivity index (χ0) is 13.1. The van der Waals surface area contributed by atoms with E-state index in [0.717, 1.165) is 15.9 Å². The van der Waals surface area contributed by atoms with Crippen molar-refractivity contribution in [3.8, 4) is 0 Å². The Morgan fingerprint density at radius 3 is 2.67 bits per heavy atom. The quantitative estimate of drug-likeness (QED) is 0.862. The van der Waals surface area contributed by atoms with Crippen molar-refractivity contribution in [2.75, 3.05) is 19.0 Å². The zero-order valence-corrected chi connectivity index (χ0v) is 11.8. The number of hydrogen-bond acceptors (Lipinski definition) is 4. The third kappa shape index (κ3) is 2.95. The van der Waals surface area contributed by atoms with Crippen molar-refractivity contribution in [3.63, 3.8) is 0 Å². The number of hydrogen-bond donors (Lipinski definition) is 0. The van der Waals surface area contributed by atoms with Gasteiger partial charge in [0.2, 0.25) is 0 Å². The third-order valence-electron chi connectivity index (χ3n) is 2.47. The molecule has 2 rings (SSSR count). The molecular formula is C12H13BrN4O. The van der Waals surface area contributed by atoms with Gasteiger partial charge >= 0.3 is 0 Å². The maximum absolute atomic E-state index is 11.9. The minimum absolute atomic E-state index is 0.133. The molecule has 0 bridgehead atoms. The van der Waals surface area contributed by atoms with Crippen LogP contribution >= 0.6 is 15.9 Å². The van der Waals surface area contributed by atoms with E-state index in [1.165, 1.54) is 4.68 Å². The number of pyridine rings is 1. The fraction of sp³-hybridized carbons (Fsp3) is 0.250. The molecule has 0 fully saturated rings. The van der Waals surface area contributed by atoms with Gasteiger partial charge in [0.05, 0.1) is 24.1 Å². The maximum atomic E-state index is 11.9. The lowest BCUT2D eigenvalue weighted by molar-refractivity contribution is 0.627. The van der Waals surface area contributed by atoms with Crippen molar-refractivity contribution >= 4 is 21.6 Å². The van der Waals surface area contributed by atoms with E-state index >= 15 is 0 Å². The van der Waals surface area contributed by atoms with Gasteiger partial charge in [0.1, 0.15) is 0 Å². The lowest BCUT2D eigenvalue weighted by atomic mass is 10.3. The van der Waals surface area contributed by atoms with Crippen LogP contribution in [0.2, 0.25) is 0 Å². The molecule has 6 heteroatoms. The number of anilines is 1. The van der Waals surface area contributed by atoms with Crippen LogP contribution in [0.4, 0.5) is 5.69 Å². The zero-order valence-electron chi connectivity index (χ0n) is 10.2. The van der Waals surface area contributed by atoms with Crippen molar-refractivity contribution < 1.29 is 0 Å². The van der Waals surface area contributed by atoms with Gasteiger partial charge in [-0.1, -0.05) is 0 Å². The van der Waals surface area contributed by atoms with Gasteiger partial charge < -0.3 is 4.90 Å². The molecule has 0 aliphatic rings. The van der Waals surface area contributed by atoms with Crippen molar-refractivity contribution in [2.24, 2.45) is 0 Å². The van der Waals surface area contributed by atoms with Crippen LogP contribution < -0.4 is 10.5 Å². The maximum Gasteiger partial charge on any atom is 0.269 e. The predicted molar refractivity (Wildman–Crippen MR) is 73.9 cm³/mol. The summed E-state index contributed by atoms with van der Waals surface area (Å²) in [6.07, 6.45) is 3.37. The van der Waals surface area contributed by atoms with E-state index in [2.05, 4.69) is 26.0 Å². The highest BCUT2D eigenvalue weighted by atomic mass is 79.9. The molecule has 0 unspecified atom stereocenters. The fourth-order valence-electron chi connectivity index (χ4n) is 1.44. The van der Waals surface area contributed by atoms with Gasteiger partial charge in [-0.15, -0.1) is 0 Å². The van der Waals surface area contributed by atoms with Crippen molar-refractivity contribution in [1.29, 1.82) is 0 Å². The van der Waals surface area contributed by atoms with E-state index in [9.17, 15) is 4.79 Å². The van der Waals surface area contributed by atoms with Crippen LogP contribution in [0.15, 0.2) is 39.9 Å². The van der Waals surface area contributed by atoms with Crippen molar-refractivity contribution in [3.05, 3.63) is 51.1 Å². The standard InChI is InChI=1S/C12H13BrN4O/c1-16(2)11-5-12(18)17(15-7-11)8-10-4-3-9(13)6-14-10/h3-7H,8H2,1-2H3. The molecular weight excluding hydrogens is 296 g/mol. The molecule has 94 valence electrons. The van der Waals surface area contributed by atoms with Crippen molar-refractivity contribution in [1.82, 2.24) is 14.8 Å². The molecule has 18 heavy (non-hydrogen) atoms. The summed E-state index contributed by atoms with van der Waals surface area (Å²) < 4.78 is 2.30. The summed E-state index contributed by atoms with van der Waals surface area (Å²) >= 11 is 3.32. The van der Waals surface area contributed by atoms with Gasteiger partial charge in [-0.2, -0.15) is 5.10 Å². The Bertz CT molecular complexity index is 592. The Balaban J connectivity index is 2.25. The molecule has 0 radical (unpaired) electrons. The molecule has 2 aromatic rings. The predicted octanol–water partition coefficient (Wildman–Crippen LogP) is 1.52. The smallest absolute Gasteiger partial charge is 0.269 e. The summed E-state index contributed by atoms with van der Waals surface area (Å²) in [5.74, 6) is 0. The summed E-state index contributed by atoms with van der Waals surface area (Å²) in [7, 11) is 3.74. The Kier molecular flexibility index (Phi) is 3.76. The molecule has 0 saturated carbocycles. The van der Waals surface area contributed by atoms with Crippen LogP contribution in [0.5, 0.6) is 0 Å². The first-order chi connectivity index (χ1) is 8.56. The normalized spacial score (nSPS) is 10.4. The Labute approximate surface area is 113 Å². The van der Waals surface area contributed by atoms with Gasteiger partial charge in [-0.25, -0.2) is 4.68 Å². The highest BCUT2D eigenvalue weighted by molar-refractivity contribution is 9.10. The van der Waals surface area contributed by atoms with Crippen molar-refractivity contribution in [2.45, 2.75) is 6.54 Å². The lowest BCUT2D eigenvalue weighted by Gasteiger charge is -2.12. The van der Waals surface area contributed by atoms with Crippen LogP contribution in [0.25, 0.3) is 0 Å². The third-order valence-corrected chi connectivity index (χ3v) is 2.94. The summed E-state index contributed by atoms with van der Waals surface area (Å²) in [5.41, 5.74) is 1.45. The Morgan fingerprint density at radius 1 is 1.33 bits per heavy atom. The first kappa shape index (κ1) is 12.8. The molecule has 0 spiro atoms. The van der Waals surface area contributed by atoms with E-state index in [1.54, 1.807) is 18.5 Å². The largest absolute Gasteiger partial charge is 0.376 e. The van der Waals surface area contributed by atoms with Gasteiger partial charge in [0, 0.05) is 30.8 Å². The fourth-order valence-corrected chi connectivity index (χ4v) is 1.68. The van der Waals surface area contributed by atoms with Gasteiger partial charge in [0.25, 0.3) is 5.56 Å².